The third-order valence-electron chi connectivity index (χ3n) is 4.14. The Hall–Kier alpha value is -2.02. The second-order valence-electron chi connectivity index (χ2n) is 5.59. The van der Waals surface area contributed by atoms with Gasteiger partial charge in [0.25, 0.3) is 0 Å². The average Bonchev–Trinajstić information content (AvgIpc) is 2.74. The summed E-state index contributed by atoms with van der Waals surface area (Å²) in [6, 6.07) is -0.965. The molecule has 1 fully saturated rings. The van der Waals surface area contributed by atoms with Crippen molar-refractivity contribution in [3.05, 3.63) is 24.8 Å². The van der Waals surface area contributed by atoms with E-state index in [1.54, 1.807) is 32.1 Å². The minimum atomic E-state index is -1.29. The van der Waals surface area contributed by atoms with Gasteiger partial charge in [-0.25, -0.2) is 19.6 Å². The van der Waals surface area contributed by atoms with E-state index in [9.17, 15) is 14.7 Å². The van der Waals surface area contributed by atoms with Crippen LogP contribution in [0.1, 0.15) is 33.1 Å². The summed E-state index contributed by atoms with van der Waals surface area (Å²) in [7, 11) is 0. The fourth-order valence-electron chi connectivity index (χ4n) is 3.16. The lowest BCUT2D eigenvalue weighted by Gasteiger charge is -2.47. The molecule has 23 heavy (non-hydrogen) atoms. The Balaban J connectivity index is 2.43. The molecule has 7 nitrogen and oxygen atoms in total. The molecule has 7 heteroatoms. The van der Waals surface area contributed by atoms with Gasteiger partial charge in [-0.15, -0.1) is 6.58 Å². The molecule has 0 aromatic rings. The molecule has 1 N–H and O–H groups in total. The van der Waals surface area contributed by atoms with Crippen LogP contribution in [-0.2, 0) is 9.47 Å². The zero-order valence-corrected chi connectivity index (χ0v) is 13.6. The number of carbonyl (C=O) groups is 2. The standard InChI is InChI=1S/C16H24N2O5/c1-4-10-16(21)11-9-12-7-8-13(16)18(15(20)23-6-3)17(12)14(19)22-5-2/h4,9,11-13,21H,1,5-8,10H2,2-3H3/t12-,13+,16?/m1/s1. The fraction of sp³-hybridized carbons (Fsp3) is 0.625. The molecule has 1 aliphatic carbocycles. The summed E-state index contributed by atoms with van der Waals surface area (Å²) in [6.45, 7) is 7.44. The van der Waals surface area contributed by atoms with Crippen molar-refractivity contribution in [2.24, 2.45) is 0 Å². The van der Waals surface area contributed by atoms with E-state index >= 15 is 0 Å². The summed E-state index contributed by atoms with van der Waals surface area (Å²) in [5.74, 6) is 0. The second-order valence-corrected chi connectivity index (χ2v) is 5.59. The molecule has 3 aliphatic rings. The van der Waals surface area contributed by atoms with Crippen LogP contribution in [0.3, 0.4) is 0 Å². The van der Waals surface area contributed by atoms with Gasteiger partial charge in [0, 0.05) is 0 Å². The van der Waals surface area contributed by atoms with Crippen molar-refractivity contribution in [2.75, 3.05) is 13.2 Å². The molecule has 0 saturated carbocycles. The summed E-state index contributed by atoms with van der Waals surface area (Å²) in [6.07, 6.45) is 5.17. The third-order valence-corrected chi connectivity index (χ3v) is 4.14. The number of carbonyl (C=O) groups excluding carboxylic acids is 2. The highest BCUT2D eigenvalue weighted by atomic mass is 16.6. The first-order chi connectivity index (χ1) is 11.0. The SMILES string of the molecule is C=CCC1(O)C=C[C@H]2CC[C@@H]1N(C(=O)OCC)N2C(=O)OCC. The lowest BCUT2D eigenvalue weighted by Crippen LogP contribution is -2.65. The number of hydrogen-bond acceptors (Lipinski definition) is 5. The molecule has 3 rings (SSSR count). The van der Waals surface area contributed by atoms with E-state index in [0.717, 1.165) is 0 Å². The Bertz CT molecular complexity index is 507. The van der Waals surface area contributed by atoms with Crippen molar-refractivity contribution in [3.8, 4) is 0 Å². The van der Waals surface area contributed by atoms with Crippen LogP contribution in [0.5, 0.6) is 0 Å². The van der Waals surface area contributed by atoms with E-state index in [0.29, 0.717) is 12.8 Å². The molecule has 128 valence electrons. The number of hydrogen-bond donors (Lipinski definition) is 1. The molecule has 2 bridgehead atoms. The molecular formula is C16H24N2O5. The first-order valence-electron chi connectivity index (χ1n) is 7.93. The molecule has 3 atom stereocenters. The van der Waals surface area contributed by atoms with Crippen molar-refractivity contribution in [3.63, 3.8) is 0 Å². The summed E-state index contributed by atoms with van der Waals surface area (Å²) in [5, 5.41) is 13.4. The molecule has 1 unspecified atom stereocenters. The Morgan fingerprint density at radius 3 is 2.43 bits per heavy atom. The third kappa shape index (κ3) is 3.19. The zero-order valence-electron chi connectivity index (χ0n) is 13.6. The van der Waals surface area contributed by atoms with E-state index in [1.165, 1.54) is 10.0 Å². The van der Waals surface area contributed by atoms with Gasteiger partial charge in [0.15, 0.2) is 0 Å². The molecule has 2 heterocycles. The molecule has 2 amide bonds. The number of nitrogens with zero attached hydrogens (tertiary/aromatic N) is 2. The number of aliphatic hydroxyl groups is 1. The molecule has 0 aromatic heterocycles. The monoisotopic (exact) mass is 324 g/mol. The van der Waals surface area contributed by atoms with Gasteiger partial charge in [0.1, 0.15) is 5.60 Å². The summed E-state index contributed by atoms with van der Waals surface area (Å²) >= 11 is 0. The molecular weight excluding hydrogens is 300 g/mol. The van der Waals surface area contributed by atoms with Crippen LogP contribution in [0.25, 0.3) is 0 Å². The molecule has 0 aromatic carbocycles. The zero-order chi connectivity index (χ0) is 17.0. The molecule has 2 aliphatic heterocycles. The Morgan fingerprint density at radius 1 is 1.26 bits per heavy atom. The van der Waals surface area contributed by atoms with Crippen LogP contribution in [0.2, 0.25) is 0 Å². The van der Waals surface area contributed by atoms with E-state index < -0.39 is 23.8 Å². The number of fused-ring (bicyclic) bond motifs is 3. The second kappa shape index (κ2) is 7.04. The number of rotatable bonds is 4. The Kier molecular flexibility index (Phi) is 5.30. The summed E-state index contributed by atoms with van der Waals surface area (Å²) in [4.78, 5) is 24.8. The Labute approximate surface area is 136 Å². The highest BCUT2D eigenvalue weighted by Gasteiger charge is 2.51. The minimum Gasteiger partial charge on any atom is -0.448 e. The van der Waals surface area contributed by atoms with Crippen LogP contribution >= 0.6 is 0 Å². The van der Waals surface area contributed by atoms with Gasteiger partial charge < -0.3 is 14.6 Å². The maximum atomic E-state index is 12.4. The highest BCUT2D eigenvalue weighted by molar-refractivity contribution is 5.76. The van der Waals surface area contributed by atoms with E-state index in [2.05, 4.69) is 6.58 Å². The van der Waals surface area contributed by atoms with Crippen molar-refractivity contribution in [2.45, 2.75) is 50.8 Å². The number of amides is 2. The van der Waals surface area contributed by atoms with Crippen LogP contribution in [-0.4, -0.2) is 58.2 Å². The van der Waals surface area contributed by atoms with Gasteiger partial charge in [-0.05, 0) is 33.1 Å². The van der Waals surface area contributed by atoms with E-state index in [4.69, 9.17) is 9.47 Å². The largest absolute Gasteiger partial charge is 0.448 e. The summed E-state index contributed by atoms with van der Waals surface area (Å²) < 4.78 is 10.2. The van der Waals surface area contributed by atoms with Crippen LogP contribution in [0.4, 0.5) is 9.59 Å². The van der Waals surface area contributed by atoms with Crippen molar-refractivity contribution < 1.29 is 24.2 Å². The predicted octanol–water partition coefficient (Wildman–Crippen LogP) is 2.23. The first kappa shape index (κ1) is 17.3. The van der Waals surface area contributed by atoms with Gasteiger partial charge in [-0.2, -0.15) is 0 Å². The van der Waals surface area contributed by atoms with Gasteiger partial charge >= 0.3 is 12.2 Å². The van der Waals surface area contributed by atoms with E-state index in [1.807, 2.05) is 0 Å². The number of ether oxygens (including phenoxy) is 2. The van der Waals surface area contributed by atoms with Gasteiger partial charge in [0.2, 0.25) is 0 Å². The molecule has 1 saturated heterocycles. The quantitative estimate of drug-likeness (QED) is 0.802. The maximum absolute atomic E-state index is 12.4. The van der Waals surface area contributed by atoms with Crippen molar-refractivity contribution >= 4 is 12.2 Å². The maximum Gasteiger partial charge on any atom is 0.429 e. The van der Waals surface area contributed by atoms with Gasteiger partial charge in [-0.3, -0.25) is 0 Å². The predicted molar refractivity (Wildman–Crippen MR) is 83.4 cm³/mol. The summed E-state index contributed by atoms with van der Waals surface area (Å²) in [5.41, 5.74) is -1.29. The topological polar surface area (TPSA) is 79.3 Å². The van der Waals surface area contributed by atoms with Crippen LogP contribution < -0.4 is 0 Å². The van der Waals surface area contributed by atoms with Gasteiger partial charge in [-0.1, -0.05) is 18.2 Å². The van der Waals surface area contributed by atoms with Gasteiger partial charge in [0.05, 0.1) is 25.3 Å². The minimum absolute atomic E-state index is 0.177. The fourth-order valence-corrected chi connectivity index (χ4v) is 3.16. The lowest BCUT2D eigenvalue weighted by atomic mass is 9.87. The molecule has 0 radical (unpaired) electrons. The van der Waals surface area contributed by atoms with Crippen LogP contribution in [0.15, 0.2) is 24.8 Å². The lowest BCUT2D eigenvalue weighted by molar-refractivity contribution is -0.121. The normalized spacial score (nSPS) is 29.2. The van der Waals surface area contributed by atoms with E-state index in [-0.39, 0.29) is 25.7 Å². The number of hydrazine groups is 1. The van der Waals surface area contributed by atoms with Crippen molar-refractivity contribution in [1.29, 1.82) is 0 Å². The smallest absolute Gasteiger partial charge is 0.429 e. The first-order valence-corrected chi connectivity index (χ1v) is 7.93. The van der Waals surface area contributed by atoms with Crippen LogP contribution in [0, 0.1) is 0 Å². The van der Waals surface area contributed by atoms with Crippen molar-refractivity contribution in [1.82, 2.24) is 10.0 Å². The highest BCUT2D eigenvalue weighted by Crippen LogP contribution is 2.38. The average molecular weight is 324 g/mol. The molecule has 0 spiro atoms. The Morgan fingerprint density at radius 2 is 1.87 bits per heavy atom.